The van der Waals surface area contributed by atoms with E-state index in [1.165, 1.54) is 5.52 Å². The molecule has 2 aromatic rings. The number of fused-ring (bicyclic) bond motifs is 1. The topological polar surface area (TPSA) is 34.4 Å². The number of rotatable bonds is 2. The van der Waals surface area contributed by atoms with Crippen molar-refractivity contribution in [2.45, 2.75) is 19.4 Å². The van der Waals surface area contributed by atoms with Gasteiger partial charge in [0, 0.05) is 36.9 Å². The van der Waals surface area contributed by atoms with E-state index in [2.05, 4.69) is 16.8 Å². The summed E-state index contributed by atoms with van der Waals surface area (Å²) >= 11 is 0. The van der Waals surface area contributed by atoms with Gasteiger partial charge in [0.1, 0.15) is 5.75 Å². The minimum atomic E-state index is 0.335. The Balaban J connectivity index is 1.84. The first-order valence-corrected chi connectivity index (χ1v) is 6.18. The molecule has 1 aliphatic rings. The highest BCUT2D eigenvalue weighted by Crippen LogP contribution is 2.24. The first-order valence-electron chi connectivity index (χ1n) is 6.18. The van der Waals surface area contributed by atoms with Crippen LogP contribution in [0.4, 0.5) is 0 Å². The van der Waals surface area contributed by atoms with E-state index in [0.29, 0.717) is 11.7 Å². The van der Waals surface area contributed by atoms with Crippen LogP contribution in [0, 0.1) is 5.92 Å². The van der Waals surface area contributed by atoms with E-state index in [4.69, 9.17) is 4.74 Å². The third-order valence-corrected chi connectivity index (χ3v) is 3.55. The molecule has 17 heavy (non-hydrogen) atoms. The lowest BCUT2D eigenvalue weighted by molar-refractivity contribution is 0.0616. The average Bonchev–Trinajstić information content (AvgIpc) is 2.73. The van der Waals surface area contributed by atoms with Gasteiger partial charge in [0.05, 0.1) is 0 Å². The molecule has 0 aliphatic carbocycles. The number of hydrogen-bond donors (Lipinski definition) is 1. The highest BCUT2D eigenvalue weighted by atomic mass is 16.5. The molecule has 0 spiro atoms. The van der Waals surface area contributed by atoms with Gasteiger partial charge in [0.25, 0.3) is 0 Å². The highest BCUT2D eigenvalue weighted by Gasteiger charge is 2.15. The largest absolute Gasteiger partial charge is 0.508 e. The number of aromatic hydroxyl groups is 1. The first-order chi connectivity index (χ1) is 8.33. The van der Waals surface area contributed by atoms with Crippen LogP contribution in [-0.4, -0.2) is 22.9 Å². The quantitative estimate of drug-likeness (QED) is 0.862. The van der Waals surface area contributed by atoms with Gasteiger partial charge in [-0.05, 0) is 43.0 Å². The molecule has 0 amide bonds. The molecule has 0 radical (unpaired) electrons. The van der Waals surface area contributed by atoms with Crippen LogP contribution in [0.1, 0.15) is 12.8 Å². The van der Waals surface area contributed by atoms with Crippen molar-refractivity contribution in [1.29, 1.82) is 0 Å². The number of ether oxygens (including phenoxy) is 1. The molecule has 1 saturated heterocycles. The van der Waals surface area contributed by atoms with E-state index in [-0.39, 0.29) is 0 Å². The molecule has 3 heteroatoms. The van der Waals surface area contributed by atoms with Gasteiger partial charge in [-0.25, -0.2) is 0 Å². The molecule has 90 valence electrons. The molecule has 1 N–H and O–H groups in total. The minimum absolute atomic E-state index is 0.335. The van der Waals surface area contributed by atoms with Crippen molar-refractivity contribution in [1.82, 2.24) is 4.57 Å². The molecule has 1 aliphatic heterocycles. The second-order valence-corrected chi connectivity index (χ2v) is 4.77. The number of benzene rings is 1. The molecule has 3 nitrogen and oxygen atoms in total. The second-order valence-electron chi connectivity index (χ2n) is 4.77. The molecular formula is C14H17NO2. The second kappa shape index (κ2) is 4.41. The number of phenolic OH excluding ortho intramolecular Hbond substituents is 1. The van der Waals surface area contributed by atoms with Crippen molar-refractivity contribution in [2.75, 3.05) is 13.2 Å². The summed E-state index contributed by atoms with van der Waals surface area (Å²) in [5.41, 5.74) is 1.20. The van der Waals surface area contributed by atoms with Gasteiger partial charge < -0.3 is 14.4 Å². The predicted molar refractivity (Wildman–Crippen MR) is 67.1 cm³/mol. The summed E-state index contributed by atoms with van der Waals surface area (Å²) in [6.45, 7) is 2.84. The zero-order chi connectivity index (χ0) is 11.7. The summed E-state index contributed by atoms with van der Waals surface area (Å²) in [6, 6.07) is 7.62. The lowest BCUT2D eigenvalue weighted by Gasteiger charge is -2.22. The van der Waals surface area contributed by atoms with Crippen LogP contribution in [0.15, 0.2) is 30.5 Å². The Labute approximate surface area is 101 Å². The molecule has 0 atom stereocenters. The van der Waals surface area contributed by atoms with Crippen molar-refractivity contribution in [3.8, 4) is 5.75 Å². The highest BCUT2D eigenvalue weighted by molar-refractivity contribution is 5.81. The minimum Gasteiger partial charge on any atom is -0.508 e. The lowest BCUT2D eigenvalue weighted by Crippen LogP contribution is -2.19. The Morgan fingerprint density at radius 1 is 1.24 bits per heavy atom. The van der Waals surface area contributed by atoms with Gasteiger partial charge in [-0.3, -0.25) is 0 Å². The Morgan fingerprint density at radius 3 is 2.88 bits per heavy atom. The van der Waals surface area contributed by atoms with Gasteiger partial charge in [-0.2, -0.15) is 0 Å². The Morgan fingerprint density at radius 2 is 2.06 bits per heavy atom. The van der Waals surface area contributed by atoms with Crippen molar-refractivity contribution >= 4 is 10.9 Å². The molecule has 2 heterocycles. The summed E-state index contributed by atoms with van der Waals surface area (Å²) in [4.78, 5) is 0. The van der Waals surface area contributed by atoms with Gasteiger partial charge >= 0.3 is 0 Å². The lowest BCUT2D eigenvalue weighted by atomic mass is 10.0. The maximum atomic E-state index is 9.44. The third-order valence-electron chi connectivity index (χ3n) is 3.55. The van der Waals surface area contributed by atoms with E-state index in [9.17, 15) is 5.11 Å². The van der Waals surface area contributed by atoms with Gasteiger partial charge in [-0.1, -0.05) is 0 Å². The SMILES string of the molecule is Oc1ccc2c(ccn2CC2CCOCC2)c1. The van der Waals surface area contributed by atoms with Crippen LogP contribution in [-0.2, 0) is 11.3 Å². The predicted octanol–water partition coefficient (Wildman–Crippen LogP) is 2.77. The summed E-state index contributed by atoms with van der Waals surface area (Å²) in [7, 11) is 0. The van der Waals surface area contributed by atoms with E-state index in [0.717, 1.165) is 38.0 Å². The number of phenols is 1. The van der Waals surface area contributed by atoms with Crippen LogP contribution in [0.2, 0.25) is 0 Å². The summed E-state index contributed by atoms with van der Waals surface area (Å²) in [6.07, 6.45) is 4.41. The normalized spacial score (nSPS) is 17.6. The van der Waals surface area contributed by atoms with Crippen molar-refractivity contribution < 1.29 is 9.84 Å². The smallest absolute Gasteiger partial charge is 0.116 e. The van der Waals surface area contributed by atoms with Crippen LogP contribution < -0.4 is 0 Å². The van der Waals surface area contributed by atoms with Crippen molar-refractivity contribution in [2.24, 2.45) is 5.92 Å². The standard InChI is InChI=1S/C14H17NO2/c16-13-1-2-14-12(9-13)3-6-15(14)10-11-4-7-17-8-5-11/h1-3,6,9,11,16H,4-5,7-8,10H2. The first kappa shape index (κ1) is 10.7. The summed E-state index contributed by atoms with van der Waals surface area (Å²) in [5.74, 6) is 1.05. The zero-order valence-electron chi connectivity index (χ0n) is 9.80. The Hall–Kier alpha value is -1.48. The summed E-state index contributed by atoms with van der Waals surface area (Å²) in [5, 5.41) is 10.5. The van der Waals surface area contributed by atoms with Crippen molar-refractivity contribution in [3.63, 3.8) is 0 Å². The number of aromatic nitrogens is 1. The summed E-state index contributed by atoms with van der Waals surface area (Å²) < 4.78 is 7.66. The molecule has 1 fully saturated rings. The number of hydrogen-bond acceptors (Lipinski definition) is 2. The Kier molecular flexibility index (Phi) is 2.77. The fraction of sp³-hybridized carbons (Fsp3) is 0.429. The van der Waals surface area contributed by atoms with E-state index >= 15 is 0 Å². The molecular weight excluding hydrogens is 214 g/mol. The molecule has 0 bridgehead atoms. The van der Waals surface area contributed by atoms with Gasteiger partial charge in [-0.15, -0.1) is 0 Å². The molecule has 1 aromatic heterocycles. The monoisotopic (exact) mass is 231 g/mol. The van der Waals surface area contributed by atoms with Crippen molar-refractivity contribution in [3.05, 3.63) is 30.5 Å². The van der Waals surface area contributed by atoms with E-state index in [1.807, 2.05) is 12.1 Å². The van der Waals surface area contributed by atoms with E-state index in [1.54, 1.807) is 6.07 Å². The fourth-order valence-electron chi connectivity index (χ4n) is 2.55. The van der Waals surface area contributed by atoms with Crippen LogP contribution in [0.3, 0.4) is 0 Å². The van der Waals surface area contributed by atoms with Crippen LogP contribution >= 0.6 is 0 Å². The van der Waals surface area contributed by atoms with Crippen LogP contribution in [0.25, 0.3) is 10.9 Å². The number of nitrogens with zero attached hydrogens (tertiary/aromatic N) is 1. The fourth-order valence-corrected chi connectivity index (χ4v) is 2.55. The molecule has 0 unspecified atom stereocenters. The maximum absolute atomic E-state index is 9.44. The van der Waals surface area contributed by atoms with E-state index < -0.39 is 0 Å². The molecule has 1 aromatic carbocycles. The Bertz CT molecular complexity index is 512. The average molecular weight is 231 g/mol. The maximum Gasteiger partial charge on any atom is 0.116 e. The van der Waals surface area contributed by atoms with Gasteiger partial charge in [0.2, 0.25) is 0 Å². The van der Waals surface area contributed by atoms with Gasteiger partial charge in [0.15, 0.2) is 0 Å². The zero-order valence-corrected chi connectivity index (χ0v) is 9.80. The molecule has 0 saturated carbocycles. The molecule has 3 rings (SSSR count). The van der Waals surface area contributed by atoms with Crippen LogP contribution in [0.5, 0.6) is 5.75 Å². The third kappa shape index (κ3) is 2.15.